The van der Waals surface area contributed by atoms with E-state index in [0.717, 1.165) is 11.4 Å². The second-order valence-corrected chi connectivity index (χ2v) is 8.99. The van der Waals surface area contributed by atoms with Gasteiger partial charge >= 0.3 is 0 Å². The zero-order chi connectivity index (χ0) is 19.9. The lowest BCUT2D eigenvalue weighted by Gasteiger charge is -2.31. The van der Waals surface area contributed by atoms with Crippen LogP contribution < -0.4 is 5.32 Å². The van der Waals surface area contributed by atoms with Gasteiger partial charge in [-0.3, -0.25) is 14.2 Å². The number of hydrogen-bond acceptors (Lipinski definition) is 5. The third-order valence-electron chi connectivity index (χ3n) is 5.32. The molecule has 0 aliphatic carbocycles. The van der Waals surface area contributed by atoms with Crippen LogP contribution in [0.3, 0.4) is 0 Å². The number of nitrogens with zero attached hydrogens (tertiary/aromatic N) is 5. The maximum atomic E-state index is 13.0. The first-order valence-corrected chi connectivity index (χ1v) is 10.4. The van der Waals surface area contributed by atoms with Crippen LogP contribution in [-0.4, -0.2) is 51.3 Å². The van der Waals surface area contributed by atoms with Crippen LogP contribution in [-0.2, 0) is 28.9 Å². The van der Waals surface area contributed by atoms with E-state index < -0.39 is 15.9 Å². The van der Waals surface area contributed by atoms with Crippen LogP contribution in [0.1, 0.15) is 29.9 Å². The largest absolute Gasteiger partial charge is 0.323 e. The second-order valence-electron chi connectivity index (χ2n) is 7.08. The molecule has 148 valence electrons. The molecular weight excluding hydrogens is 368 g/mol. The van der Waals surface area contributed by atoms with E-state index in [0.29, 0.717) is 30.8 Å². The Morgan fingerprint density at radius 1 is 1.19 bits per heavy atom. The van der Waals surface area contributed by atoms with Crippen molar-refractivity contribution in [2.24, 2.45) is 20.0 Å². The summed E-state index contributed by atoms with van der Waals surface area (Å²) >= 11 is 0. The van der Waals surface area contributed by atoms with E-state index in [1.165, 1.54) is 15.2 Å². The average molecular weight is 395 g/mol. The summed E-state index contributed by atoms with van der Waals surface area (Å²) in [5.74, 6) is -0.568. The minimum Gasteiger partial charge on any atom is -0.323 e. The standard InChI is InChI=1S/C17H26N6O3S/c1-11-16(13(3)22(5)20-11)19-17(24)14-7-6-8-23(10-14)27(25,26)15-9-18-21(4)12(15)2/h9,14H,6-8,10H2,1-5H3,(H,19,24). The van der Waals surface area contributed by atoms with Crippen molar-refractivity contribution < 1.29 is 13.2 Å². The molecule has 0 radical (unpaired) electrons. The van der Waals surface area contributed by atoms with Gasteiger partial charge < -0.3 is 5.32 Å². The summed E-state index contributed by atoms with van der Waals surface area (Å²) in [6.45, 7) is 6.03. The predicted octanol–water partition coefficient (Wildman–Crippen LogP) is 1.12. The van der Waals surface area contributed by atoms with Crippen LogP contribution in [0.15, 0.2) is 11.1 Å². The molecule has 2 aromatic heterocycles. The SMILES string of the molecule is Cc1nn(C)c(C)c1NC(=O)C1CCCN(S(=O)(=O)c2cnn(C)c2C)C1. The first kappa shape index (κ1) is 19.6. The summed E-state index contributed by atoms with van der Waals surface area (Å²) in [7, 11) is -0.140. The number of piperidine rings is 1. The van der Waals surface area contributed by atoms with Crippen molar-refractivity contribution >= 4 is 21.6 Å². The maximum absolute atomic E-state index is 13.0. The van der Waals surface area contributed by atoms with E-state index in [1.54, 1.807) is 18.7 Å². The van der Waals surface area contributed by atoms with Gasteiger partial charge in [-0.25, -0.2) is 8.42 Å². The van der Waals surface area contributed by atoms with Gasteiger partial charge in [0.1, 0.15) is 4.90 Å². The summed E-state index contributed by atoms with van der Waals surface area (Å²) in [5.41, 5.74) is 2.90. The number of carbonyl (C=O) groups excluding carboxylic acids is 1. The van der Waals surface area contributed by atoms with Gasteiger partial charge in [0.25, 0.3) is 0 Å². The number of carbonyl (C=O) groups is 1. The topological polar surface area (TPSA) is 102 Å². The number of aryl methyl sites for hydroxylation is 3. The molecule has 10 heteroatoms. The molecule has 1 aliphatic rings. The summed E-state index contributed by atoms with van der Waals surface area (Å²) < 4.78 is 30.6. The van der Waals surface area contributed by atoms with Crippen molar-refractivity contribution in [3.05, 3.63) is 23.3 Å². The van der Waals surface area contributed by atoms with Gasteiger partial charge in [0, 0.05) is 27.2 Å². The second kappa shape index (κ2) is 7.08. The highest BCUT2D eigenvalue weighted by atomic mass is 32.2. The Bertz CT molecular complexity index is 975. The fourth-order valence-electron chi connectivity index (χ4n) is 3.43. The molecule has 1 unspecified atom stereocenters. The molecule has 0 spiro atoms. The van der Waals surface area contributed by atoms with Gasteiger partial charge in [0.15, 0.2) is 0 Å². The van der Waals surface area contributed by atoms with Crippen LogP contribution in [0.2, 0.25) is 0 Å². The number of aromatic nitrogens is 4. The van der Waals surface area contributed by atoms with E-state index in [1.807, 2.05) is 20.9 Å². The fourth-order valence-corrected chi connectivity index (χ4v) is 5.13. The molecular formula is C17H26N6O3S. The number of nitrogens with one attached hydrogen (secondary N) is 1. The highest BCUT2D eigenvalue weighted by molar-refractivity contribution is 7.89. The van der Waals surface area contributed by atoms with Crippen molar-refractivity contribution in [3.8, 4) is 0 Å². The Morgan fingerprint density at radius 3 is 2.44 bits per heavy atom. The monoisotopic (exact) mass is 394 g/mol. The van der Waals surface area contributed by atoms with Crippen molar-refractivity contribution in [3.63, 3.8) is 0 Å². The van der Waals surface area contributed by atoms with Crippen LogP contribution in [0, 0.1) is 26.7 Å². The Balaban J connectivity index is 1.77. The summed E-state index contributed by atoms with van der Waals surface area (Å²) in [6, 6.07) is 0. The summed E-state index contributed by atoms with van der Waals surface area (Å²) in [5, 5.41) is 11.3. The zero-order valence-electron chi connectivity index (χ0n) is 16.4. The normalized spacial score (nSPS) is 18.6. The molecule has 0 saturated carbocycles. The van der Waals surface area contributed by atoms with Gasteiger partial charge in [-0.2, -0.15) is 14.5 Å². The third kappa shape index (κ3) is 3.51. The summed E-state index contributed by atoms with van der Waals surface area (Å²) in [4.78, 5) is 13.0. The Hall–Kier alpha value is -2.20. The maximum Gasteiger partial charge on any atom is 0.246 e. The number of anilines is 1. The quantitative estimate of drug-likeness (QED) is 0.837. The first-order chi connectivity index (χ1) is 12.6. The third-order valence-corrected chi connectivity index (χ3v) is 7.29. The van der Waals surface area contributed by atoms with Gasteiger partial charge in [0.05, 0.1) is 34.9 Å². The molecule has 1 atom stereocenters. The lowest BCUT2D eigenvalue weighted by molar-refractivity contribution is -0.120. The number of rotatable bonds is 4. The van der Waals surface area contributed by atoms with Crippen LogP contribution in [0.25, 0.3) is 0 Å². The van der Waals surface area contributed by atoms with E-state index in [9.17, 15) is 13.2 Å². The van der Waals surface area contributed by atoms with Gasteiger partial charge in [0.2, 0.25) is 15.9 Å². The van der Waals surface area contributed by atoms with E-state index in [4.69, 9.17) is 0 Å². The van der Waals surface area contributed by atoms with Crippen molar-refractivity contribution in [1.29, 1.82) is 0 Å². The molecule has 2 aromatic rings. The van der Waals surface area contributed by atoms with Crippen molar-refractivity contribution in [1.82, 2.24) is 23.9 Å². The minimum absolute atomic E-state index is 0.168. The molecule has 9 nitrogen and oxygen atoms in total. The number of amides is 1. The van der Waals surface area contributed by atoms with E-state index in [2.05, 4.69) is 15.5 Å². The Morgan fingerprint density at radius 2 is 1.89 bits per heavy atom. The minimum atomic E-state index is -3.67. The van der Waals surface area contributed by atoms with Gasteiger partial charge in [-0.1, -0.05) is 0 Å². The van der Waals surface area contributed by atoms with E-state index >= 15 is 0 Å². The Kier molecular flexibility index (Phi) is 5.13. The zero-order valence-corrected chi connectivity index (χ0v) is 17.2. The van der Waals surface area contributed by atoms with Crippen LogP contribution in [0.5, 0.6) is 0 Å². The lowest BCUT2D eigenvalue weighted by Crippen LogP contribution is -2.43. The summed E-state index contributed by atoms with van der Waals surface area (Å²) in [6.07, 6.45) is 2.67. The molecule has 1 aliphatic heterocycles. The van der Waals surface area contributed by atoms with Gasteiger partial charge in [-0.15, -0.1) is 0 Å². The molecule has 27 heavy (non-hydrogen) atoms. The first-order valence-electron chi connectivity index (χ1n) is 8.92. The highest BCUT2D eigenvalue weighted by Crippen LogP contribution is 2.27. The average Bonchev–Trinajstić information content (AvgIpc) is 3.09. The molecule has 1 fully saturated rings. The van der Waals surface area contributed by atoms with Crippen LogP contribution >= 0.6 is 0 Å². The Labute approximate surface area is 159 Å². The number of hydrogen-bond donors (Lipinski definition) is 1. The number of sulfonamides is 1. The molecule has 0 aromatic carbocycles. The van der Waals surface area contributed by atoms with E-state index in [-0.39, 0.29) is 17.3 Å². The van der Waals surface area contributed by atoms with Crippen LogP contribution in [0.4, 0.5) is 5.69 Å². The molecule has 1 saturated heterocycles. The molecule has 3 rings (SSSR count). The molecule has 1 N–H and O–H groups in total. The smallest absolute Gasteiger partial charge is 0.246 e. The van der Waals surface area contributed by atoms with Gasteiger partial charge in [-0.05, 0) is 33.6 Å². The molecule has 3 heterocycles. The lowest BCUT2D eigenvalue weighted by atomic mass is 9.98. The van der Waals surface area contributed by atoms with Crippen molar-refractivity contribution in [2.75, 3.05) is 18.4 Å². The molecule has 1 amide bonds. The van der Waals surface area contributed by atoms with Crippen molar-refractivity contribution in [2.45, 2.75) is 38.5 Å². The highest BCUT2D eigenvalue weighted by Gasteiger charge is 2.35. The fraction of sp³-hybridized carbons (Fsp3) is 0.588. The molecule has 0 bridgehead atoms. The predicted molar refractivity (Wildman–Crippen MR) is 101 cm³/mol.